The minimum Gasteiger partial charge on any atom is -0.383 e. The summed E-state index contributed by atoms with van der Waals surface area (Å²) < 4.78 is 0. The van der Waals surface area contributed by atoms with Crippen molar-refractivity contribution in [1.82, 2.24) is 10.3 Å². The molecule has 1 unspecified atom stereocenters. The molecule has 0 aliphatic heterocycles. The van der Waals surface area contributed by atoms with E-state index in [4.69, 9.17) is 5.73 Å². The molecule has 1 rings (SSSR count). The van der Waals surface area contributed by atoms with Gasteiger partial charge < -0.3 is 16.4 Å². The first-order valence-electron chi connectivity index (χ1n) is 5.39. The van der Waals surface area contributed by atoms with Gasteiger partial charge in [0.25, 0.3) is 0 Å². The minimum absolute atomic E-state index is 0.281. The third kappa shape index (κ3) is 6.04. The van der Waals surface area contributed by atoms with Gasteiger partial charge in [-0.25, -0.2) is 0 Å². The second kappa shape index (κ2) is 7.20. The highest BCUT2D eigenvalue weighted by Gasteiger charge is 1.93. The zero-order valence-corrected chi connectivity index (χ0v) is 9.24. The van der Waals surface area contributed by atoms with Gasteiger partial charge in [-0.05, 0) is 32.0 Å². The number of hydrogen-bond acceptors (Lipinski definition) is 4. The van der Waals surface area contributed by atoms with Crippen LogP contribution in [0.3, 0.4) is 0 Å². The third-order valence-corrected chi connectivity index (χ3v) is 2.07. The number of hydrogen-bond donors (Lipinski definition) is 3. The normalized spacial score (nSPS) is 12.4. The lowest BCUT2D eigenvalue weighted by atomic mass is 10.2. The van der Waals surface area contributed by atoms with E-state index in [0.717, 1.165) is 31.7 Å². The van der Waals surface area contributed by atoms with Crippen molar-refractivity contribution >= 4 is 5.69 Å². The van der Waals surface area contributed by atoms with Gasteiger partial charge in [0.2, 0.25) is 0 Å². The van der Waals surface area contributed by atoms with Crippen molar-refractivity contribution in [2.24, 2.45) is 5.73 Å². The molecule has 0 aromatic carbocycles. The van der Waals surface area contributed by atoms with E-state index in [9.17, 15) is 0 Å². The van der Waals surface area contributed by atoms with Crippen LogP contribution in [-0.4, -0.2) is 30.7 Å². The predicted octanol–water partition coefficient (Wildman–Crippen LogP) is 0.820. The molecule has 4 N–H and O–H groups in total. The summed E-state index contributed by atoms with van der Waals surface area (Å²) in [6.45, 7) is 4.86. The monoisotopic (exact) mass is 208 g/mol. The van der Waals surface area contributed by atoms with Crippen molar-refractivity contribution in [1.29, 1.82) is 0 Å². The standard InChI is InChI=1S/C11H20N4/c1-10(12)4-6-13-7-8-15-11-3-2-5-14-9-11/h2-3,5,9-10,13,15H,4,6-8,12H2,1H3. The summed E-state index contributed by atoms with van der Waals surface area (Å²) in [5.41, 5.74) is 6.70. The molecule has 0 saturated heterocycles. The predicted molar refractivity (Wildman–Crippen MR) is 63.9 cm³/mol. The maximum atomic E-state index is 5.63. The van der Waals surface area contributed by atoms with E-state index in [0.29, 0.717) is 0 Å². The topological polar surface area (TPSA) is 63.0 Å². The molecule has 15 heavy (non-hydrogen) atoms. The maximum absolute atomic E-state index is 5.63. The number of pyridine rings is 1. The number of anilines is 1. The van der Waals surface area contributed by atoms with Gasteiger partial charge >= 0.3 is 0 Å². The van der Waals surface area contributed by atoms with Gasteiger partial charge in [0.1, 0.15) is 0 Å². The van der Waals surface area contributed by atoms with Crippen molar-refractivity contribution < 1.29 is 0 Å². The molecule has 0 spiro atoms. The fraction of sp³-hybridized carbons (Fsp3) is 0.545. The molecule has 84 valence electrons. The molecule has 1 aromatic rings. The number of aromatic nitrogens is 1. The fourth-order valence-corrected chi connectivity index (χ4v) is 1.22. The lowest BCUT2D eigenvalue weighted by Crippen LogP contribution is -2.27. The van der Waals surface area contributed by atoms with Crippen LogP contribution in [0.25, 0.3) is 0 Å². The van der Waals surface area contributed by atoms with E-state index in [-0.39, 0.29) is 6.04 Å². The quantitative estimate of drug-likeness (QED) is 0.581. The van der Waals surface area contributed by atoms with E-state index in [1.807, 2.05) is 25.3 Å². The molecule has 0 amide bonds. The highest BCUT2D eigenvalue weighted by molar-refractivity contribution is 5.39. The van der Waals surface area contributed by atoms with Gasteiger partial charge in [0.05, 0.1) is 5.69 Å². The summed E-state index contributed by atoms with van der Waals surface area (Å²) in [5, 5.41) is 6.60. The molecular weight excluding hydrogens is 188 g/mol. The average Bonchev–Trinajstić information content (AvgIpc) is 2.24. The Labute approximate surface area is 91.3 Å². The Bertz CT molecular complexity index is 248. The summed E-state index contributed by atoms with van der Waals surface area (Å²) in [5.74, 6) is 0. The SMILES string of the molecule is CC(N)CCNCCNc1cccnc1. The fourth-order valence-electron chi connectivity index (χ4n) is 1.22. The van der Waals surface area contributed by atoms with Gasteiger partial charge in [-0.15, -0.1) is 0 Å². The van der Waals surface area contributed by atoms with Crippen LogP contribution in [-0.2, 0) is 0 Å². The largest absolute Gasteiger partial charge is 0.383 e. The smallest absolute Gasteiger partial charge is 0.0527 e. The second-order valence-electron chi connectivity index (χ2n) is 3.68. The van der Waals surface area contributed by atoms with Crippen LogP contribution in [0, 0.1) is 0 Å². The van der Waals surface area contributed by atoms with Gasteiger partial charge in [-0.1, -0.05) is 0 Å². The lowest BCUT2D eigenvalue weighted by Gasteiger charge is -2.08. The Hall–Kier alpha value is -1.13. The van der Waals surface area contributed by atoms with E-state index in [2.05, 4.69) is 15.6 Å². The van der Waals surface area contributed by atoms with Crippen LogP contribution in [0.1, 0.15) is 13.3 Å². The van der Waals surface area contributed by atoms with Crippen LogP contribution < -0.4 is 16.4 Å². The molecule has 0 bridgehead atoms. The molecule has 1 aromatic heterocycles. The number of rotatable bonds is 7. The van der Waals surface area contributed by atoms with Gasteiger partial charge in [0.15, 0.2) is 0 Å². The van der Waals surface area contributed by atoms with E-state index in [1.165, 1.54) is 0 Å². The zero-order chi connectivity index (χ0) is 10.9. The summed E-state index contributed by atoms with van der Waals surface area (Å²) >= 11 is 0. The molecule has 0 aliphatic carbocycles. The number of nitrogens with two attached hydrogens (primary N) is 1. The second-order valence-corrected chi connectivity index (χ2v) is 3.68. The minimum atomic E-state index is 0.281. The zero-order valence-electron chi connectivity index (χ0n) is 9.24. The van der Waals surface area contributed by atoms with Crippen molar-refractivity contribution in [3.05, 3.63) is 24.5 Å². The lowest BCUT2D eigenvalue weighted by molar-refractivity contribution is 0.597. The number of nitrogens with one attached hydrogen (secondary N) is 2. The molecule has 4 nitrogen and oxygen atoms in total. The molecule has 0 radical (unpaired) electrons. The van der Waals surface area contributed by atoms with Crippen LogP contribution in [0.4, 0.5) is 5.69 Å². The first-order chi connectivity index (χ1) is 7.29. The van der Waals surface area contributed by atoms with Crippen LogP contribution in [0.15, 0.2) is 24.5 Å². The first-order valence-corrected chi connectivity index (χ1v) is 5.39. The highest BCUT2D eigenvalue weighted by Crippen LogP contribution is 2.00. The van der Waals surface area contributed by atoms with Gasteiger partial charge in [-0.3, -0.25) is 4.98 Å². The average molecular weight is 208 g/mol. The molecule has 1 heterocycles. The van der Waals surface area contributed by atoms with Crippen molar-refractivity contribution in [3.63, 3.8) is 0 Å². The van der Waals surface area contributed by atoms with Crippen molar-refractivity contribution in [3.8, 4) is 0 Å². The molecule has 0 fully saturated rings. The Balaban J connectivity index is 1.98. The molecular formula is C11H20N4. The maximum Gasteiger partial charge on any atom is 0.0527 e. The van der Waals surface area contributed by atoms with Crippen molar-refractivity contribution in [2.75, 3.05) is 25.0 Å². The van der Waals surface area contributed by atoms with E-state index < -0.39 is 0 Å². The Morgan fingerprint density at radius 2 is 2.27 bits per heavy atom. The van der Waals surface area contributed by atoms with Gasteiger partial charge in [0, 0.05) is 31.5 Å². The summed E-state index contributed by atoms with van der Waals surface area (Å²) in [4.78, 5) is 4.02. The number of nitrogens with zero attached hydrogens (tertiary/aromatic N) is 1. The summed E-state index contributed by atoms with van der Waals surface area (Å²) in [7, 11) is 0. The third-order valence-electron chi connectivity index (χ3n) is 2.07. The van der Waals surface area contributed by atoms with Gasteiger partial charge in [-0.2, -0.15) is 0 Å². The first kappa shape index (κ1) is 11.9. The molecule has 1 atom stereocenters. The summed E-state index contributed by atoms with van der Waals surface area (Å²) in [6, 6.07) is 4.21. The molecule has 4 heteroatoms. The van der Waals surface area contributed by atoms with Crippen molar-refractivity contribution in [2.45, 2.75) is 19.4 Å². The highest BCUT2D eigenvalue weighted by atomic mass is 14.9. The Morgan fingerprint density at radius 3 is 2.93 bits per heavy atom. The Morgan fingerprint density at radius 1 is 1.40 bits per heavy atom. The van der Waals surface area contributed by atoms with Crippen LogP contribution in [0.2, 0.25) is 0 Å². The Kier molecular flexibility index (Phi) is 5.73. The van der Waals surface area contributed by atoms with Crippen LogP contribution >= 0.6 is 0 Å². The summed E-state index contributed by atoms with van der Waals surface area (Å²) in [6.07, 6.45) is 4.61. The molecule has 0 aliphatic rings. The van der Waals surface area contributed by atoms with Crippen LogP contribution in [0.5, 0.6) is 0 Å². The van der Waals surface area contributed by atoms with E-state index >= 15 is 0 Å². The molecule has 0 saturated carbocycles. The van der Waals surface area contributed by atoms with E-state index in [1.54, 1.807) is 6.20 Å².